The minimum absolute atomic E-state index is 0. The minimum Gasteiger partial charge on any atom is -0.448 e. The van der Waals surface area contributed by atoms with Gasteiger partial charge in [0.05, 0.1) is 16.3 Å². The Morgan fingerprint density at radius 1 is 0.921 bits per heavy atom. The average molecular weight is 539 g/mol. The smallest absolute Gasteiger partial charge is 0.448 e. The molecule has 2 amide bonds. The van der Waals surface area contributed by atoms with Gasteiger partial charge in [-0.05, 0) is 69.1 Å². The topological polar surface area (TPSA) is 112 Å². The Labute approximate surface area is 244 Å². The van der Waals surface area contributed by atoms with Crippen molar-refractivity contribution in [3.05, 3.63) is 106 Å². The third kappa shape index (κ3) is 6.79. The Hall–Kier alpha value is -3.24. The van der Waals surface area contributed by atoms with E-state index in [1.54, 1.807) is 0 Å². The summed E-state index contributed by atoms with van der Waals surface area (Å²) in [5.74, 6) is -0.182. The van der Waals surface area contributed by atoms with Gasteiger partial charge < -0.3 is 10.0 Å². The van der Waals surface area contributed by atoms with Crippen molar-refractivity contribution in [2.24, 2.45) is 0 Å². The molecule has 0 bridgehead atoms. The Bertz CT molecular complexity index is 1530. The number of aromatic nitrogens is 2. The van der Waals surface area contributed by atoms with E-state index in [2.05, 4.69) is 22.2 Å². The van der Waals surface area contributed by atoms with E-state index >= 15 is 0 Å². The summed E-state index contributed by atoms with van der Waals surface area (Å²) in [7, 11) is -4.17. The number of amides is 2. The second-order valence-electron chi connectivity index (χ2n) is 8.62. The van der Waals surface area contributed by atoms with Crippen molar-refractivity contribution in [1.29, 1.82) is 0 Å². The number of nitrogens with zero attached hydrogens (tertiary/aromatic N) is 3. The van der Waals surface area contributed by atoms with Crippen molar-refractivity contribution in [2.45, 2.75) is 32.1 Å². The number of carbonyl (C=O) groups is 2. The quantitative estimate of drug-likeness (QED) is 0.274. The molecule has 1 heterocycles. The summed E-state index contributed by atoms with van der Waals surface area (Å²) >= 11 is 0. The second-order valence-corrected chi connectivity index (χ2v) is 10.2. The average Bonchev–Trinajstić information content (AvgIpc) is 3.18. The number of hydrogen-bond donors (Lipinski definition) is 1. The first-order valence-corrected chi connectivity index (χ1v) is 13.2. The minimum atomic E-state index is -4.17. The molecular weight excluding hydrogens is 511 g/mol. The van der Waals surface area contributed by atoms with Crippen molar-refractivity contribution in [3.8, 4) is 16.8 Å². The number of Topliss-reactive ketones (excluding diaryl/α,β-unsaturated/α-hetero) is 1. The SMILES string of the molecule is CC(=O)c1ccc(S(=O)(=O)[N-]C(=O)NCCc2ccc(-n3nc(C)c(-c4ccccc4)c3C)cc2)cc1.[Na+]. The molecule has 4 rings (SSSR count). The summed E-state index contributed by atoms with van der Waals surface area (Å²) in [4.78, 5) is 23.3. The van der Waals surface area contributed by atoms with Crippen LogP contribution in [-0.2, 0) is 16.4 Å². The predicted octanol–water partition coefficient (Wildman–Crippen LogP) is 2.38. The van der Waals surface area contributed by atoms with Gasteiger partial charge in [0, 0.05) is 16.8 Å². The van der Waals surface area contributed by atoms with Gasteiger partial charge >= 0.3 is 29.6 Å². The third-order valence-electron chi connectivity index (χ3n) is 5.99. The number of carbonyl (C=O) groups excluding carboxylic acids is 2. The van der Waals surface area contributed by atoms with E-state index in [9.17, 15) is 18.0 Å². The van der Waals surface area contributed by atoms with Crippen LogP contribution in [0.3, 0.4) is 0 Å². The van der Waals surface area contributed by atoms with Crippen molar-refractivity contribution < 1.29 is 47.6 Å². The van der Waals surface area contributed by atoms with Crippen LogP contribution in [0.2, 0.25) is 0 Å². The fourth-order valence-corrected chi connectivity index (χ4v) is 4.96. The number of sulfonamides is 1. The molecule has 0 spiro atoms. The molecule has 0 unspecified atom stereocenters. The van der Waals surface area contributed by atoms with E-state index in [0.717, 1.165) is 33.8 Å². The number of ketones is 1. The summed E-state index contributed by atoms with van der Waals surface area (Å²) < 4.78 is 29.9. The zero-order valence-corrected chi connectivity index (χ0v) is 24.6. The van der Waals surface area contributed by atoms with E-state index in [1.807, 2.05) is 61.0 Å². The maximum absolute atomic E-state index is 12.4. The van der Waals surface area contributed by atoms with Gasteiger partial charge in [-0.3, -0.25) is 9.59 Å². The standard InChI is InChI=1S/C28H28N4O4S.Na/c1-19-27(24-7-5-4-6-8-24)20(2)32(30-19)25-13-9-22(10-14-25)17-18-29-28(34)31-37(35,36)26-15-11-23(12-16-26)21(3)33;/h4-16H,17-18H2,1-3H3,(H2,29,31,34);/q;+1/p-1. The van der Waals surface area contributed by atoms with Gasteiger partial charge in [-0.1, -0.05) is 54.6 Å². The first kappa shape index (κ1) is 29.3. The molecule has 0 fully saturated rings. The molecule has 0 aliphatic carbocycles. The van der Waals surface area contributed by atoms with Crippen LogP contribution in [-0.4, -0.2) is 36.6 Å². The Balaban J connectivity index is 0.00000400. The van der Waals surface area contributed by atoms with Crippen LogP contribution in [0.1, 0.15) is 34.2 Å². The van der Waals surface area contributed by atoms with E-state index in [-0.39, 0.29) is 46.8 Å². The van der Waals surface area contributed by atoms with Crippen LogP contribution in [0.15, 0.2) is 83.8 Å². The molecule has 0 aliphatic heterocycles. The Kier molecular flexibility index (Phi) is 9.67. The summed E-state index contributed by atoms with van der Waals surface area (Å²) in [5.41, 5.74) is 6.50. The van der Waals surface area contributed by atoms with Gasteiger partial charge in [-0.2, -0.15) is 5.10 Å². The number of urea groups is 1. The number of benzene rings is 3. The van der Waals surface area contributed by atoms with E-state index in [1.165, 1.54) is 31.2 Å². The van der Waals surface area contributed by atoms with Crippen molar-refractivity contribution in [1.82, 2.24) is 15.1 Å². The van der Waals surface area contributed by atoms with Gasteiger partial charge in [0.2, 0.25) is 10.0 Å². The molecule has 190 valence electrons. The zero-order valence-electron chi connectivity index (χ0n) is 21.8. The molecule has 0 saturated carbocycles. The Morgan fingerprint density at radius 2 is 1.55 bits per heavy atom. The molecule has 3 aromatic carbocycles. The van der Waals surface area contributed by atoms with Crippen LogP contribution < -0.4 is 34.9 Å². The molecule has 0 saturated heterocycles. The largest absolute Gasteiger partial charge is 1.00 e. The number of hydrogen-bond acceptors (Lipinski definition) is 5. The molecule has 0 atom stereocenters. The van der Waals surface area contributed by atoms with Gasteiger partial charge in [-0.15, -0.1) is 0 Å². The van der Waals surface area contributed by atoms with E-state index < -0.39 is 16.1 Å². The van der Waals surface area contributed by atoms with E-state index in [4.69, 9.17) is 5.10 Å². The van der Waals surface area contributed by atoms with E-state index in [0.29, 0.717) is 12.0 Å². The molecular formula is C28H27N4NaO4S. The van der Waals surface area contributed by atoms with Crippen molar-refractivity contribution in [2.75, 3.05) is 6.54 Å². The Morgan fingerprint density at radius 3 is 2.16 bits per heavy atom. The first-order valence-electron chi connectivity index (χ1n) is 11.7. The number of nitrogens with one attached hydrogen (secondary N) is 1. The molecule has 0 radical (unpaired) electrons. The molecule has 0 aliphatic rings. The molecule has 8 nitrogen and oxygen atoms in total. The van der Waals surface area contributed by atoms with Crippen LogP contribution in [0.4, 0.5) is 4.79 Å². The zero-order chi connectivity index (χ0) is 26.6. The number of rotatable bonds is 8. The summed E-state index contributed by atoms with van der Waals surface area (Å²) in [5, 5.41) is 7.23. The summed E-state index contributed by atoms with van der Waals surface area (Å²) in [6.07, 6.45) is 0.501. The van der Waals surface area contributed by atoms with Gasteiger partial charge in [0.15, 0.2) is 11.8 Å². The van der Waals surface area contributed by atoms with Crippen LogP contribution in [0.5, 0.6) is 0 Å². The first-order chi connectivity index (χ1) is 17.7. The van der Waals surface area contributed by atoms with Crippen molar-refractivity contribution in [3.63, 3.8) is 0 Å². The molecule has 38 heavy (non-hydrogen) atoms. The maximum atomic E-state index is 12.4. The fraction of sp³-hybridized carbons (Fsp3) is 0.179. The molecule has 10 heteroatoms. The van der Waals surface area contributed by atoms with Gasteiger partial charge in [-0.25, -0.2) is 13.1 Å². The second kappa shape index (κ2) is 12.5. The van der Waals surface area contributed by atoms with Crippen LogP contribution >= 0.6 is 0 Å². The summed E-state index contributed by atoms with van der Waals surface area (Å²) in [6, 6.07) is 22.3. The van der Waals surface area contributed by atoms with Gasteiger partial charge in [0.25, 0.3) is 0 Å². The number of aryl methyl sites for hydroxylation is 1. The normalized spacial score (nSPS) is 10.9. The molecule has 1 aromatic heterocycles. The van der Waals surface area contributed by atoms with Gasteiger partial charge in [0.1, 0.15) is 0 Å². The van der Waals surface area contributed by atoms with Crippen molar-refractivity contribution >= 4 is 21.8 Å². The monoisotopic (exact) mass is 538 g/mol. The predicted molar refractivity (Wildman–Crippen MR) is 143 cm³/mol. The fourth-order valence-electron chi connectivity index (χ4n) is 4.09. The van der Waals surface area contributed by atoms with Crippen LogP contribution in [0, 0.1) is 13.8 Å². The third-order valence-corrected chi connectivity index (χ3v) is 7.26. The molecule has 4 aromatic rings. The van der Waals surface area contributed by atoms with Crippen LogP contribution in [0.25, 0.3) is 21.5 Å². The maximum Gasteiger partial charge on any atom is 1.00 e. The molecule has 1 N–H and O–H groups in total. The summed E-state index contributed by atoms with van der Waals surface area (Å²) in [6.45, 7) is 5.64.